The summed E-state index contributed by atoms with van der Waals surface area (Å²) in [6.45, 7) is 3.37. The topological polar surface area (TPSA) is 100 Å². The second kappa shape index (κ2) is 7.38. The van der Waals surface area contributed by atoms with Gasteiger partial charge in [-0.2, -0.15) is 13.2 Å². The van der Waals surface area contributed by atoms with Crippen LogP contribution in [0.25, 0.3) is 17.6 Å². The van der Waals surface area contributed by atoms with Crippen molar-refractivity contribution < 1.29 is 27.5 Å². The van der Waals surface area contributed by atoms with Crippen LogP contribution in [0, 0.1) is 0 Å². The number of halogens is 3. The van der Waals surface area contributed by atoms with Gasteiger partial charge in [0, 0.05) is 23.4 Å². The molecule has 26 heavy (non-hydrogen) atoms. The molecule has 0 spiro atoms. The number of carbonyl (C=O) groups excluding carboxylic acids is 2. The molecule has 7 nitrogen and oxygen atoms in total. The molecule has 0 aliphatic heterocycles. The van der Waals surface area contributed by atoms with Gasteiger partial charge in [0.05, 0.1) is 11.7 Å². The molecule has 2 rings (SSSR count). The van der Waals surface area contributed by atoms with Gasteiger partial charge in [0.25, 0.3) is 0 Å². The monoisotopic (exact) mass is 368 g/mol. The summed E-state index contributed by atoms with van der Waals surface area (Å²) in [6.07, 6.45) is -1.43. The van der Waals surface area contributed by atoms with E-state index in [1.54, 1.807) is 13.8 Å². The number of amides is 1. The van der Waals surface area contributed by atoms with Crippen molar-refractivity contribution in [3.8, 4) is 11.4 Å². The third-order valence-corrected chi connectivity index (χ3v) is 3.03. The first-order valence-electron chi connectivity index (χ1n) is 7.38. The molecule has 1 amide bonds. The van der Waals surface area contributed by atoms with Crippen LogP contribution in [0.15, 0.2) is 30.6 Å². The van der Waals surface area contributed by atoms with Crippen LogP contribution in [0.5, 0.6) is 0 Å². The molecule has 0 fully saturated rings. The zero-order valence-electron chi connectivity index (χ0n) is 13.8. The molecule has 0 aliphatic rings. The summed E-state index contributed by atoms with van der Waals surface area (Å²) in [6, 6.07) is 2.63. The second-order valence-electron chi connectivity index (χ2n) is 5.51. The average Bonchev–Trinajstić information content (AvgIpc) is 3.00. The molecule has 1 aromatic heterocycles. The van der Waals surface area contributed by atoms with Crippen LogP contribution < -0.4 is 5.73 Å². The van der Waals surface area contributed by atoms with Crippen molar-refractivity contribution in [2.75, 3.05) is 0 Å². The smallest absolute Gasteiger partial charge is 0.416 e. The summed E-state index contributed by atoms with van der Waals surface area (Å²) in [4.78, 5) is 26.6. The Morgan fingerprint density at radius 3 is 2.54 bits per heavy atom. The highest BCUT2D eigenvalue weighted by Crippen LogP contribution is 2.32. The van der Waals surface area contributed by atoms with Gasteiger partial charge in [-0.25, -0.2) is 14.5 Å². The molecule has 2 N–H and O–H groups in total. The van der Waals surface area contributed by atoms with E-state index in [0.717, 1.165) is 22.9 Å². The Hall–Kier alpha value is -3.17. The number of carbonyl (C=O) groups is 2. The summed E-state index contributed by atoms with van der Waals surface area (Å²) in [5, 5.41) is 3.95. The summed E-state index contributed by atoms with van der Waals surface area (Å²) < 4.78 is 45.0. The summed E-state index contributed by atoms with van der Waals surface area (Å²) in [7, 11) is 0. The molecule has 1 heterocycles. The number of ether oxygens (including phenoxy) is 1. The van der Waals surface area contributed by atoms with E-state index in [4.69, 9.17) is 10.5 Å². The minimum Gasteiger partial charge on any atom is -0.460 e. The van der Waals surface area contributed by atoms with Crippen LogP contribution in [-0.2, 0) is 15.7 Å². The zero-order chi connectivity index (χ0) is 19.5. The lowest BCUT2D eigenvalue weighted by Crippen LogP contribution is -2.14. The van der Waals surface area contributed by atoms with Crippen molar-refractivity contribution in [1.82, 2.24) is 14.8 Å². The minimum absolute atomic E-state index is 0.0365. The van der Waals surface area contributed by atoms with Crippen LogP contribution in [0.3, 0.4) is 0 Å². The molecular weight excluding hydrogens is 353 g/mol. The van der Waals surface area contributed by atoms with E-state index in [2.05, 4.69) is 10.1 Å². The van der Waals surface area contributed by atoms with Gasteiger partial charge in [-0.15, -0.1) is 5.10 Å². The van der Waals surface area contributed by atoms with E-state index in [9.17, 15) is 22.8 Å². The molecule has 0 aliphatic carbocycles. The molecule has 0 unspecified atom stereocenters. The average molecular weight is 368 g/mol. The molecule has 138 valence electrons. The standard InChI is InChI=1S/C16H15F3N4O3/c1-9(2)26-13(24)3-4-23-8-21-15(22-23)11-5-10(14(20)25)6-12(7-11)16(17,18)19/h3-9H,1-2H3,(H2,20,25)/b4-3+. The van der Waals surface area contributed by atoms with Crippen LogP contribution >= 0.6 is 0 Å². The number of primary amides is 1. The van der Waals surface area contributed by atoms with Gasteiger partial charge in [-0.05, 0) is 32.0 Å². The molecular formula is C16H15F3N4O3. The lowest BCUT2D eigenvalue weighted by Gasteiger charge is -2.09. The van der Waals surface area contributed by atoms with Crippen molar-refractivity contribution in [2.24, 2.45) is 5.73 Å². The first-order chi connectivity index (χ1) is 12.1. The number of aromatic nitrogens is 3. The van der Waals surface area contributed by atoms with Gasteiger partial charge >= 0.3 is 12.1 Å². The summed E-state index contributed by atoms with van der Waals surface area (Å²) in [5.74, 6) is -1.68. The lowest BCUT2D eigenvalue weighted by atomic mass is 10.0. The third-order valence-electron chi connectivity index (χ3n) is 3.03. The number of benzene rings is 1. The molecule has 2 aromatic rings. The van der Waals surface area contributed by atoms with Crippen molar-refractivity contribution in [3.05, 3.63) is 41.7 Å². The van der Waals surface area contributed by atoms with Gasteiger partial charge in [0.15, 0.2) is 5.82 Å². The minimum atomic E-state index is -4.66. The van der Waals surface area contributed by atoms with Gasteiger partial charge in [-0.3, -0.25) is 4.79 Å². The molecule has 0 bridgehead atoms. The molecule has 0 atom stereocenters. The van der Waals surface area contributed by atoms with E-state index in [1.165, 1.54) is 12.5 Å². The Labute approximate surface area is 146 Å². The van der Waals surface area contributed by atoms with E-state index in [1.807, 2.05) is 0 Å². The number of esters is 1. The van der Waals surface area contributed by atoms with Gasteiger partial charge < -0.3 is 10.5 Å². The maximum Gasteiger partial charge on any atom is 0.416 e. The number of hydrogen-bond donors (Lipinski definition) is 1. The largest absolute Gasteiger partial charge is 0.460 e. The van der Waals surface area contributed by atoms with Gasteiger partial charge in [0.2, 0.25) is 5.91 Å². The fraction of sp³-hybridized carbons (Fsp3) is 0.250. The fourth-order valence-corrected chi connectivity index (χ4v) is 1.95. The van der Waals surface area contributed by atoms with Crippen LogP contribution in [-0.4, -0.2) is 32.7 Å². The summed E-state index contributed by atoms with van der Waals surface area (Å²) in [5.41, 5.74) is 3.68. The van der Waals surface area contributed by atoms with Gasteiger partial charge in [-0.1, -0.05) is 0 Å². The van der Waals surface area contributed by atoms with Crippen LogP contribution in [0.2, 0.25) is 0 Å². The Balaban J connectivity index is 2.33. The first kappa shape index (κ1) is 19.2. The Kier molecular flexibility index (Phi) is 5.44. The normalized spacial score (nSPS) is 11.9. The van der Waals surface area contributed by atoms with E-state index < -0.39 is 23.6 Å². The number of rotatable bonds is 5. The van der Waals surface area contributed by atoms with Crippen LogP contribution in [0.1, 0.15) is 29.8 Å². The SMILES string of the molecule is CC(C)OC(=O)/C=C/n1cnc(-c2cc(C(N)=O)cc(C(F)(F)F)c2)n1. The maximum absolute atomic E-state index is 13.0. The van der Waals surface area contributed by atoms with Crippen molar-refractivity contribution in [1.29, 1.82) is 0 Å². The third kappa shape index (κ3) is 4.91. The predicted molar refractivity (Wildman–Crippen MR) is 85.5 cm³/mol. The molecule has 0 saturated carbocycles. The van der Waals surface area contributed by atoms with E-state index in [0.29, 0.717) is 6.07 Å². The molecule has 10 heteroatoms. The Bertz CT molecular complexity index is 857. The number of nitrogens with two attached hydrogens (primary N) is 1. The zero-order valence-corrected chi connectivity index (χ0v) is 13.8. The Morgan fingerprint density at radius 2 is 1.96 bits per heavy atom. The second-order valence-corrected chi connectivity index (χ2v) is 5.51. The number of hydrogen-bond acceptors (Lipinski definition) is 5. The highest BCUT2D eigenvalue weighted by molar-refractivity contribution is 5.94. The molecule has 1 aromatic carbocycles. The van der Waals surface area contributed by atoms with E-state index in [-0.39, 0.29) is 23.1 Å². The van der Waals surface area contributed by atoms with Gasteiger partial charge in [0.1, 0.15) is 6.33 Å². The van der Waals surface area contributed by atoms with E-state index >= 15 is 0 Å². The molecule has 0 saturated heterocycles. The van der Waals surface area contributed by atoms with Crippen molar-refractivity contribution in [2.45, 2.75) is 26.1 Å². The van der Waals surface area contributed by atoms with Crippen molar-refractivity contribution in [3.63, 3.8) is 0 Å². The highest BCUT2D eigenvalue weighted by atomic mass is 19.4. The highest BCUT2D eigenvalue weighted by Gasteiger charge is 2.32. The van der Waals surface area contributed by atoms with Crippen LogP contribution in [0.4, 0.5) is 13.2 Å². The molecule has 0 radical (unpaired) electrons. The first-order valence-corrected chi connectivity index (χ1v) is 7.38. The maximum atomic E-state index is 13.0. The Morgan fingerprint density at radius 1 is 1.27 bits per heavy atom. The summed E-state index contributed by atoms with van der Waals surface area (Å²) >= 11 is 0. The fourth-order valence-electron chi connectivity index (χ4n) is 1.95. The quantitative estimate of drug-likeness (QED) is 0.646. The van der Waals surface area contributed by atoms with Crippen molar-refractivity contribution >= 4 is 18.1 Å². The predicted octanol–water partition coefficient (Wildman–Crippen LogP) is 2.49. The lowest BCUT2D eigenvalue weighted by molar-refractivity contribution is -0.141. The number of nitrogens with zero attached hydrogens (tertiary/aromatic N) is 3. The number of alkyl halides is 3.